The fourth-order valence-corrected chi connectivity index (χ4v) is 3.16. The number of ether oxygens (including phenoxy) is 1. The van der Waals surface area contributed by atoms with Crippen LogP contribution in [0.1, 0.15) is 25.3 Å². The Morgan fingerprint density at radius 1 is 1.07 bits per heavy atom. The third kappa shape index (κ3) is 6.16. The van der Waals surface area contributed by atoms with Gasteiger partial charge in [0.15, 0.2) is 0 Å². The van der Waals surface area contributed by atoms with Gasteiger partial charge < -0.3 is 15.4 Å². The van der Waals surface area contributed by atoms with Gasteiger partial charge in [-0.25, -0.2) is 0 Å². The number of carbonyl (C=O) groups is 2. The minimum atomic E-state index is -0.419. The van der Waals surface area contributed by atoms with Crippen molar-refractivity contribution in [1.29, 1.82) is 0 Å². The first-order chi connectivity index (χ1) is 13.3. The molecule has 2 aromatic carbocycles. The van der Waals surface area contributed by atoms with Gasteiger partial charge >= 0.3 is 0 Å². The van der Waals surface area contributed by atoms with E-state index < -0.39 is 5.91 Å². The molecule has 8 heteroatoms. The zero-order valence-electron chi connectivity index (χ0n) is 15.3. The molecule has 0 bridgehead atoms. The predicted octanol–water partition coefficient (Wildman–Crippen LogP) is 6.05. The molecule has 0 heterocycles. The van der Waals surface area contributed by atoms with E-state index >= 15 is 0 Å². The van der Waals surface area contributed by atoms with E-state index in [2.05, 4.69) is 10.6 Å². The number of benzene rings is 2. The minimum absolute atomic E-state index is 0.105. The van der Waals surface area contributed by atoms with E-state index in [9.17, 15) is 9.59 Å². The van der Waals surface area contributed by atoms with E-state index in [1.54, 1.807) is 30.3 Å². The summed E-state index contributed by atoms with van der Waals surface area (Å²) >= 11 is 18.2. The van der Waals surface area contributed by atoms with Gasteiger partial charge in [0.1, 0.15) is 5.75 Å². The van der Waals surface area contributed by atoms with Gasteiger partial charge in [-0.3, -0.25) is 9.59 Å². The van der Waals surface area contributed by atoms with Crippen LogP contribution >= 0.6 is 34.8 Å². The molecule has 2 rings (SSSR count). The van der Waals surface area contributed by atoms with E-state index in [0.717, 1.165) is 6.42 Å². The van der Waals surface area contributed by atoms with Crippen LogP contribution in [0.4, 0.5) is 11.4 Å². The number of methoxy groups -OCH3 is 1. The highest BCUT2D eigenvalue weighted by molar-refractivity contribution is 6.36. The lowest BCUT2D eigenvalue weighted by Crippen LogP contribution is -2.12. The first-order valence-electron chi connectivity index (χ1n) is 8.45. The molecule has 148 valence electrons. The second-order valence-corrected chi connectivity index (χ2v) is 7.08. The molecule has 0 unspecified atom stereocenters. The van der Waals surface area contributed by atoms with Crippen molar-refractivity contribution in [2.24, 2.45) is 0 Å². The van der Waals surface area contributed by atoms with E-state index in [4.69, 9.17) is 39.5 Å². The Kier molecular flexibility index (Phi) is 8.18. The molecule has 0 radical (unpaired) electrons. The zero-order chi connectivity index (χ0) is 20.7. The third-order valence-electron chi connectivity index (χ3n) is 3.64. The molecule has 0 aliphatic rings. The summed E-state index contributed by atoms with van der Waals surface area (Å²) in [5, 5.41) is 6.54. The molecule has 2 amide bonds. The van der Waals surface area contributed by atoms with Crippen LogP contribution in [0.5, 0.6) is 5.75 Å². The van der Waals surface area contributed by atoms with Crippen molar-refractivity contribution < 1.29 is 14.3 Å². The average molecular weight is 442 g/mol. The van der Waals surface area contributed by atoms with Gasteiger partial charge in [0.2, 0.25) is 11.8 Å². The molecule has 2 N–H and O–H groups in total. The highest BCUT2D eigenvalue weighted by Gasteiger charge is 2.10. The van der Waals surface area contributed by atoms with Crippen molar-refractivity contribution in [3.8, 4) is 5.75 Å². The number of amides is 2. The molecule has 0 aliphatic carbocycles. The number of rotatable bonds is 7. The van der Waals surface area contributed by atoms with E-state index in [1.165, 1.54) is 19.3 Å². The lowest BCUT2D eigenvalue weighted by molar-refractivity contribution is -0.116. The van der Waals surface area contributed by atoms with Crippen molar-refractivity contribution in [2.75, 3.05) is 17.7 Å². The van der Waals surface area contributed by atoms with E-state index in [-0.39, 0.29) is 5.91 Å². The van der Waals surface area contributed by atoms with Gasteiger partial charge in [0, 0.05) is 28.8 Å². The normalized spacial score (nSPS) is 10.8. The Labute approximate surface area is 178 Å². The smallest absolute Gasteiger partial charge is 0.248 e. The first kappa shape index (κ1) is 22.1. The van der Waals surface area contributed by atoms with Crippen molar-refractivity contribution in [2.45, 2.75) is 19.8 Å². The highest BCUT2D eigenvalue weighted by Crippen LogP contribution is 2.33. The topological polar surface area (TPSA) is 67.4 Å². The summed E-state index contributed by atoms with van der Waals surface area (Å²) in [6.07, 6.45) is 4.00. The van der Waals surface area contributed by atoms with Crippen molar-refractivity contribution in [3.05, 3.63) is 57.0 Å². The van der Waals surface area contributed by atoms with Crippen LogP contribution in [-0.2, 0) is 9.59 Å². The molecule has 2 aromatic rings. The molecule has 28 heavy (non-hydrogen) atoms. The standard InChI is InChI=1S/C20H19Cl3N2O3/c1-3-4-18(26)24-14-6-7-15(22)17(11-14)25-19(27)8-5-12-9-13(21)10-16(23)20(12)28-2/h5-11H,3-4H2,1-2H3,(H,24,26)(H,25,27)/b8-5+. The molecular weight excluding hydrogens is 423 g/mol. The van der Waals surface area contributed by atoms with Crippen LogP contribution in [0.3, 0.4) is 0 Å². The fourth-order valence-electron chi connectivity index (χ4n) is 2.41. The third-order valence-corrected chi connectivity index (χ3v) is 4.47. The SMILES string of the molecule is CCCC(=O)Nc1ccc(Cl)c(NC(=O)/C=C/c2cc(Cl)cc(Cl)c2OC)c1. The Balaban J connectivity index is 2.15. The number of nitrogens with one attached hydrogen (secondary N) is 2. The Morgan fingerprint density at radius 3 is 2.50 bits per heavy atom. The van der Waals surface area contributed by atoms with Crippen LogP contribution in [0.25, 0.3) is 6.08 Å². The summed E-state index contributed by atoms with van der Waals surface area (Å²) in [5.74, 6) is -0.113. The number of carbonyl (C=O) groups excluding carboxylic acids is 2. The molecular formula is C20H19Cl3N2O3. The van der Waals surface area contributed by atoms with Gasteiger partial charge in [0.25, 0.3) is 0 Å². The van der Waals surface area contributed by atoms with Crippen molar-refractivity contribution in [3.63, 3.8) is 0 Å². The van der Waals surface area contributed by atoms with Crippen LogP contribution in [-0.4, -0.2) is 18.9 Å². The maximum absolute atomic E-state index is 12.3. The van der Waals surface area contributed by atoms with Crippen molar-refractivity contribution in [1.82, 2.24) is 0 Å². The molecule has 5 nitrogen and oxygen atoms in total. The number of hydrogen-bond acceptors (Lipinski definition) is 3. The highest BCUT2D eigenvalue weighted by atomic mass is 35.5. The van der Waals surface area contributed by atoms with Crippen LogP contribution in [0.2, 0.25) is 15.1 Å². The summed E-state index contributed by atoms with van der Waals surface area (Å²) in [5.41, 5.74) is 1.48. The molecule has 0 saturated carbocycles. The lowest BCUT2D eigenvalue weighted by Gasteiger charge is -2.10. The fraction of sp³-hybridized carbons (Fsp3) is 0.200. The van der Waals surface area contributed by atoms with Gasteiger partial charge in [-0.05, 0) is 42.8 Å². The molecule has 0 saturated heterocycles. The molecule has 0 spiro atoms. The van der Waals surface area contributed by atoms with Gasteiger partial charge in [0.05, 0.1) is 22.8 Å². The number of halogens is 3. The maximum Gasteiger partial charge on any atom is 0.248 e. The largest absolute Gasteiger partial charge is 0.495 e. The maximum atomic E-state index is 12.3. The van der Waals surface area contributed by atoms with Gasteiger partial charge in [-0.15, -0.1) is 0 Å². The van der Waals surface area contributed by atoms with Gasteiger partial charge in [-0.1, -0.05) is 41.7 Å². The Bertz CT molecular complexity index is 914. The molecule has 0 atom stereocenters. The second-order valence-electron chi connectivity index (χ2n) is 5.83. The second kappa shape index (κ2) is 10.4. The van der Waals surface area contributed by atoms with Crippen LogP contribution in [0, 0.1) is 0 Å². The number of anilines is 2. The lowest BCUT2D eigenvalue weighted by atomic mass is 10.2. The summed E-state index contributed by atoms with van der Waals surface area (Å²) in [6, 6.07) is 8.05. The quantitative estimate of drug-likeness (QED) is 0.514. The molecule has 0 aliphatic heterocycles. The first-order valence-corrected chi connectivity index (χ1v) is 9.59. The summed E-state index contributed by atoms with van der Waals surface area (Å²) in [7, 11) is 1.48. The summed E-state index contributed by atoms with van der Waals surface area (Å²) in [4.78, 5) is 24.0. The van der Waals surface area contributed by atoms with Crippen LogP contribution in [0.15, 0.2) is 36.4 Å². The summed E-state index contributed by atoms with van der Waals surface area (Å²) < 4.78 is 5.24. The Hall–Kier alpha value is -2.21. The van der Waals surface area contributed by atoms with Crippen LogP contribution < -0.4 is 15.4 Å². The van der Waals surface area contributed by atoms with E-state index in [1.807, 2.05) is 6.92 Å². The van der Waals surface area contributed by atoms with E-state index in [0.29, 0.717) is 44.2 Å². The predicted molar refractivity (Wildman–Crippen MR) is 116 cm³/mol. The minimum Gasteiger partial charge on any atom is -0.495 e. The summed E-state index contributed by atoms with van der Waals surface area (Å²) in [6.45, 7) is 1.92. The average Bonchev–Trinajstić information content (AvgIpc) is 2.62. The number of hydrogen-bond donors (Lipinski definition) is 2. The van der Waals surface area contributed by atoms with Gasteiger partial charge in [-0.2, -0.15) is 0 Å². The Morgan fingerprint density at radius 2 is 1.82 bits per heavy atom. The van der Waals surface area contributed by atoms with Crippen molar-refractivity contribution >= 4 is 64.1 Å². The monoisotopic (exact) mass is 440 g/mol. The molecule has 0 aromatic heterocycles. The molecule has 0 fully saturated rings. The zero-order valence-corrected chi connectivity index (χ0v) is 17.6.